The fraction of sp³-hybridized carbons (Fsp3) is 0.300. The summed E-state index contributed by atoms with van der Waals surface area (Å²) in [6, 6.07) is 26.4. The van der Waals surface area contributed by atoms with Gasteiger partial charge < -0.3 is 29.7 Å². The van der Waals surface area contributed by atoms with Gasteiger partial charge in [-0.05, 0) is 97.0 Å². The SMILES string of the molecule is C/C=C(\C)Oc1ccc(C[C@H](NC(=O)[C@@H]2Cc3cc4c(cc3CN2C(CC)c2ccccc2)O[C@@H](c2ccc(O)cc2)CO4)C(=O)O)cc1. The maximum atomic E-state index is 14.2. The Hall–Kier alpha value is -5.28. The molecule has 0 radical (unpaired) electrons. The molecule has 254 valence electrons. The van der Waals surface area contributed by atoms with Crippen LogP contribution in [0.4, 0.5) is 0 Å². The molecule has 9 nitrogen and oxygen atoms in total. The average molecular weight is 663 g/mol. The number of amides is 1. The Morgan fingerprint density at radius 1 is 1.00 bits per heavy atom. The minimum absolute atomic E-state index is 0.0838. The van der Waals surface area contributed by atoms with Crippen LogP contribution < -0.4 is 19.5 Å². The van der Waals surface area contributed by atoms with Crippen molar-refractivity contribution in [1.82, 2.24) is 10.2 Å². The third-order valence-corrected chi connectivity index (χ3v) is 9.29. The first-order valence-corrected chi connectivity index (χ1v) is 16.7. The van der Waals surface area contributed by atoms with Crippen molar-refractivity contribution in [1.29, 1.82) is 0 Å². The van der Waals surface area contributed by atoms with Crippen molar-refractivity contribution in [3.63, 3.8) is 0 Å². The first kappa shape index (κ1) is 33.6. The lowest BCUT2D eigenvalue weighted by molar-refractivity contribution is -0.143. The summed E-state index contributed by atoms with van der Waals surface area (Å²) in [5, 5.41) is 22.8. The van der Waals surface area contributed by atoms with Crippen LogP contribution in [0.5, 0.6) is 23.0 Å². The summed E-state index contributed by atoms with van der Waals surface area (Å²) in [4.78, 5) is 28.8. The normalized spacial score (nSPS) is 18.6. The highest BCUT2D eigenvalue weighted by atomic mass is 16.6. The molecule has 1 unspecified atom stereocenters. The molecule has 0 bridgehead atoms. The number of hydrogen-bond donors (Lipinski definition) is 3. The lowest BCUT2D eigenvalue weighted by Crippen LogP contribution is -2.55. The van der Waals surface area contributed by atoms with E-state index < -0.39 is 18.1 Å². The molecule has 3 N–H and O–H groups in total. The molecule has 1 amide bonds. The maximum Gasteiger partial charge on any atom is 0.326 e. The first-order chi connectivity index (χ1) is 23.7. The number of carbonyl (C=O) groups excluding carboxylic acids is 1. The van der Waals surface area contributed by atoms with E-state index in [-0.39, 0.29) is 30.2 Å². The zero-order chi connectivity index (χ0) is 34.5. The van der Waals surface area contributed by atoms with Crippen LogP contribution in [-0.2, 0) is 29.0 Å². The van der Waals surface area contributed by atoms with Gasteiger partial charge in [-0.1, -0.05) is 61.5 Å². The molecule has 0 saturated heterocycles. The Morgan fingerprint density at radius 3 is 2.39 bits per heavy atom. The van der Waals surface area contributed by atoms with Gasteiger partial charge >= 0.3 is 5.97 Å². The lowest BCUT2D eigenvalue weighted by atomic mass is 9.89. The van der Waals surface area contributed by atoms with E-state index in [9.17, 15) is 19.8 Å². The van der Waals surface area contributed by atoms with E-state index in [1.165, 1.54) is 0 Å². The van der Waals surface area contributed by atoms with E-state index in [4.69, 9.17) is 14.2 Å². The van der Waals surface area contributed by atoms with Gasteiger partial charge in [0.25, 0.3) is 0 Å². The number of ether oxygens (including phenoxy) is 3. The predicted molar refractivity (Wildman–Crippen MR) is 186 cm³/mol. The van der Waals surface area contributed by atoms with Crippen molar-refractivity contribution < 1.29 is 34.0 Å². The highest BCUT2D eigenvalue weighted by molar-refractivity contribution is 5.87. The number of rotatable bonds is 11. The third-order valence-electron chi connectivity index (χ3n) is 9.29. The second-order valence-electron chi connectivity index (χ2n) is 12.6. The number of aromatic hydroxyl groups is 1. The summed E-state index contributed by atoms with van der Waals surface area (Å²) in [6.45, 7) is 6.62. The highest BCUT2D eigenvalue weighted by Gasteiger charge is 2.38. The number of aliphatic carboxylic acids is 1. The number of allylic oxidation sites excluding steroid dienone is 2. The number of carbonyl (C=O) groups is 2. The fourth-order valence-electron chi connectivity index (χ4n) is 6.57. The molecule has 4 aromatic carbocycles. The molecule has 0 spiro atoms. The standard InChI is InChI=1S/C40H42N2O7/c1-4-25(3)48-32-17-11-26(12-18-32)19-33(40(45)46)41-39(44)35-20-29-21-36-37(49-38(24-47-36)28-13-15-31(43)16-14-28)22-30(29)23-42(35)34(5-2)27-9-7-6-8-10-27/h4,6-18,21-22,33-35,38,43H,5,19-20,23-24H2,1-3H3,(H,41,44)(H,45,46)/b25-4+/t33-,34?,35-,38+/m0/s1. The van der Waals surface area contributed by atoms with Gasteiger partial charge in [0.15, 0.2) is 17.6 Å². The second-order valence-corrected chi connectivity index (χ2v) is 12.6. The molecule has 0 saturated carbocycles. The largest absolute Gasteiger partial charge is 0.508 e. The molecule has 2 aliphatic rings. The Kier molecular flexibility index (Phi) is 10.2. The van der Waals surface area contributed by atoms with E-state index in [1.54, 1.807) is 24.3 Å². The topological polar surface area (TPSA) is 118 Å². The summed E-state index contributed by atoms with van der Waals surface area (Å²) in [5.74, 6) is 1.41. The summed E-state index contributed by atoms with van der Waals surface area (Å²) >= 11 is 0. The van der Waals surface area contributed by atoms with Crippen molar-refractivity contribution >= 4 is 11.9 Å². The van der Waals surface area contributed by atoms with Crippen LogP contribution in [0.3, 0.4) is 0 Å². The molecule has 0 aliphatic carbocycles. The molecule has 0 aromatic heterocycles. The van der Waals surface area contributed by atoms with E-state index in [0.717, 1.165) is 40.0 Å². The number of nitrogens with one attached hydrogen (secondary N) is 1. The van der Waals surface area contributed by atoms with Crippen LogP contribution in [0.25, 0.3) is 0 Å². The molecule has 6 rings (SSSR count). The molecule has 49 heavy (non-hydrogen) atoms. The van der Waals surface area contributed by atoms with Crippen LogP contribution >= 0.6 is 0 Å². The van der Waals surface area contributed by atoms with Crippen molar-refractivity contribution in [2.75, 3.05) is 6.61 Å². The number of fused-ring (bicyclic) bond motifs is 2. The highest BCUT2D eigenvalue weighted by Crippen LogP contribution is 2.42. The molecule has 0 fully saturated rings. The molecule has 2 aliphatic heterocycles. The number of phenolic OH excluding ortho intramolecular Hbond substituents is 1. The zero-order valence-electron chi connectivity index (χ0n) is 28.0. The van der Waals surface area contributed by atoms with E-state index >= 15 is 0 Å². The van der Waals surface area contributed by atoms with E-state index in [0.29, 0.717) is 36.8 Å². The maximum absolute atomic E-state index is 14.2. The van der Waals surface area contributed by atoms with Gasteiger partial charge in [0.2, 0.25) is 5.91 Å². The predicted octanol–water partition coefficient (Wildman–Crippen LogP) is 6.90. The Labute approximate surface area is 286 Å². The van der Waals surface area contributed by atoms with Gasteiger partial charge in [0.1, 0.15) is 24.1 Å². The van der Waals surface area contributed by atoms with Gasteiger partial charge in [-0.15, -0.1) is 0 Å². The number of nitrogens with zero attached hydrogens (tertiary/aromatic N) is 1. The van der Waals surface area contributed by atoms with Gasteiger partial charge in [-0.25, -0.2) is 4.79 Å². The molecule has 9 heteroatoms. The number of benzene rings is 4. The van der Waals surface area contributed by atoms with Gasteiger partial charge in [0.05, 0.1) is 11.8 Å². The van der Waals surface area contributed by atoms with E-state index in [2.05, 4.69) is 29.3 Å². The fourth-order valence-corrected chi connectivity index (χ4v) is 6.57. The Morgan fingerprint density at radius 2 is 1.71 bits per heavy atom. The number of carboxylic acid groups (broad SMARTS) is 1. The number of phenols is 1. The number of hydrogen-bond acceptors (Lipinski definition) is 7. The molecular weight excluding hydrogens is 620 g/mol. The van der Waals surface area contributed by atoms with Crippen molar-refractivity contribution in [2.24, 2.45) is 0 Å². The summed E-state index contributed by atoms with van der Waals surface area (Å²) < 4.78 is 18.3. The smallest absolute Gasteiger partial charge is 0.326 e. The number of carboxylic acids is 1. The summed E-state index contributed by atoms with van der Waals surface area (Å²) in [5.41, 5.74) is 4.74. The zero-order valence-corrected chi connectivity index (χ0v) is 28.0. The second kappa shape index (κ2) is 14.9. The van der Waals surface area contributed by atoms with Crippen molar-refractivity contribution in [2.45, 2.75) is 70.8 Å². The summed E-state index contributed by atoms with van der Waals surface area (Å²) in [6.07, 6.45) is 2.79. The molecule has 2 heterocycles. The van der Waals surface area contributed by atoms with Gasteiger partial charge in [0, 0.05) is 19.0 Å². The molecule has 4 aromatic rings. The quantitative estimate of drug-likeness (QED) is 0.149. The van der Waals surface area contributed by atoms with Crippen LogP contribution in [-0.4, -0.2) is 45.7 Å². The Bertz CT molecular complexity index is 1810. The molecule has 4 atom stereocenters. The minimum Gasteiger partial charge on any atom is -0.508 e. The van der Waals surface area contributed by atoms with Crippen LogP contribution in [0.2, 0.25) is 0 Å². The molecular formula is C40H42N2O7. The third kappa shape index (κ3) is 7.73. The van der Waals surface area contributed by atoms with Crippen molar-refractivity contribution in [3.8, 4) is 23.0 Å². The van der Waals surface area contributed by atoms with Crippen LogP contribution in [0, 0.1) is 0 Å². The first-order valence-electron chi connectivity index (χ1n) is 16.7. The summed E-state index contributed by atoms with van der Waals surface area (Å²) in [7, 11) is 0. The van der Waals surface area contributed by atoms with Crippen LogP contribution in [0.15, 0.2) is 103 Å². The van der Waals surface area contributed by atoms with Gasteiger partial charge in [-0.2, -0.15) is 0 Å². The minimum atomic E-state index is -1.12. The van der Waals surface area contributed by atoms with Crippen molar-refractivity contribution in [3.05, 3.63) is 131 Å². The van der Waals surface area contributed by atoms with Gasteiger partial charge in [-0.3, -0.25) is 9.69 Å². The monoisotopic (exact) mass is 662 g/mol. The lowest BCUT2D eigenvalue weighted by Gasteiger charge is -2.42. The van der Waals surface area contributed by atoms with E-state index in [1.807, 2.05) is 74.5 Å². The van der Waals surface area contributed by atoms with Crippen LogP contribution in [0.1, 0.15) is 67.2 Å². The average Bonchev–Trinajstić information content (AvgIpc) is 3.11. The Balaban J connectivity index is 1.26.